The number of amides is 1. The topological polar surface area (TPSA) is 66.9 Å². The predicted molar refractivity (Wildman–Crippen MR) is 54.9 cm³/mol. The van der Waals surface area contributed by atoms with Crippen molar-refractivity contribution in [2.24, 2.45) is 0 Å². The quantitative estimate of drug-likeness (QED) is 0.613. The molecule has 0 unspecified atom stereocenters. The average Bonchev–Trinajstić information content (AvgIpc) is 2.17. The zero-order valence-electron chi connectivity index (χ0n) is 8.97. The molecule has 1 aliphatic rings. The number of hydrogen-bond acceptors (Lipinski definition) is 4. The molecule has 1 rings (SSSR count). The third kappa shape index (κ3) is 3.77. The molecule has 0 saturated carbocycles. The van der Waals surface area contributed by atoms with Crippen LogP contribution in [0.1, 0.15) is 0 Å². The number of rotatable bonds is 3. The Morgan fingerprint density at radius 2 is 1.93 bits per heavy atom. The van der Waals surface area contributed by atoms with Crippen molar-refractivity contribution in [2.45, 2.75) is 0 Å². The van der Waals surface area contributed by atoms with Gasteiger partial charge >= 0.3 is 0 Å². The van der Waals surface area contributed by atoms with Crippen LogP contribution >= 0.6 is 0 Å². The first kappa shape index (κ1) is 12.4. The molecule has 1 saturated heterocycles. The van der Waals surface area contributed by atoms with Gasteiger partial charge in [0.25, 0.3) is 0 Å². The number of nitrogens with zero attached hydrogens (tertiary/aromatic N) is 2. The van der Waals surface area contributed by atoms with Crippen molar-refractivity contribution in [3.05, 3.63) is 0 Å². The van der Waals surface area contributed by atoms with Crippen molar-refractivity contribution in [2.75, 3.05) is 46.2 Å². The Labute approximate surface area is 89.8 Å². The molecule has 0 atom stereocenters. The fourth-order valence-corrected chi connectivity index (χ4v) is 1.57. The Kier molecular flexibility index (Phi) is 4.06. The summed E-state index contributed by atoms with van der Waals surface area (Å²) in [5.74, 6) is -0.175. The second-order valence-corrected chi connectivity index (χ2v) is 5.60. The van der Waals surface area contributed by atoms with Gasteiger partial charge in [-0.2, -0.15) is 4.31 Å². The summed E-state index contributed by atoms with van der Waals surface area (Å²) < 4.78 is 28.3. The minimum atomic E-state index is -3.28. The van der Waals surface area contributed by atoms with Crippen molar-refractivity contribution >= 4 is 15.9 Å². The van der Waals surface area contributed by atoms with Crippen LogP contribution in [-0.2, 0) is 19.6 Å². The molecule has 0 N–H and O–H groups in total. The van der Waals surface area contributed by atoms with E-state index in [0.717, 1.165) is 10.6 Å². The van der Waals surface area contributed by atoms with Crippen LogP contribution in [0.5, 0.6) is 0 Å². The number of likely N-dealkylation sites (N-methyl/N-ethyl adjacent to an activating group) is 1. The molecule has 0 spiro atoms. The van der Waals surface area contributed by atoms with E-state index < -0.39 is 10.0 Å². The van der Waals surface area contributed by atoms with E-state index in [4.69, 9.17) is 4.74 Å². The minimum absolute atomic E-state index is 0.0984. The summed E-state index contributed by atoms with van der Waals surface area (Å²) in [5, 5.41) is 0. The normalized spacial score (nSPS) is 18.2. The third-order valence-electron chi connectivity index (χ3n) is 2.29. The first-order valence-electron chi connectivity index (χ1n) is 4.68. The molecule has 6 nitrogen and oxygen atoms in total. The van der Waals surface area contributed by atoms with Gasteiger partial charge in [0, 0.05) is 20.1 Å². The number of hydrogen-bond donors (Lipinski definition) is 0. The maximum atomic E-state index is 11.6. The molecule has 0 radical (unpaired) electrons. The highest BCUT2D eigenvalue weighted by Crippen LogP contribution is 2.00. The van der Waals surface area contributed by atoms with Crippen LogP contribution in [0.2, 0.25) is 0 Å². The molecule has 0 aromatic heterocycles. The van der Waals surface area contributed by atoms with Gasteiger partial charge in [-0.1, -0.05) is 0 Å². The summed E-state index contributed by atoms with van der Waals surface area (Å²) in [4.78, 5) is 13.2. The van der Waals surface area contributed by atoms with Gasteiger partial charge < -0.3 is 9.64 Å². The lowest BCUT2D eigenvalue weighted by Crippen LogP contribution is -2.45. The van der Waals surface area contributed by atoms with E-state index >= 15 is 0 Å². The molecule has 7 heteroatoms. The summed E-state index contributed by atoms with van der Waals surface area (Å²) in [7, 11) is -1.89. The van der Waals surface area contributed by atoms with Crippen molar-refractivity contribution in [1.82, 2.24) is 9.21 Å². The minimum Gasteiger partial charge on any atom is -0.378 e. The molecule has 1 heterocycles. The lowest BCUT2D eigenvalue weighted by molar-refractivity contribution is -0.135. The third-order valence-corrected chi connectivity index (χ3v) is 3.55. The van der Waals surface area contributed by atoms with Crippen molar-refractivity contribution in [3.8, 4) is 0 Å². The highest BCUT2D eigenvalue weighted by Gasteiger charge is 2.21. The molecule has 1 amide bonds. The summed E-state index contributed by atoms with van der Waals surface area (Å²) in [6, 6.07) is 0. The standard InChI is InChI=1S/C8H16N2O4S/c1-9(15(2,12)13)7-8(11)10-3-5-14-6-4-10/h3-7H2,1-2H3. The van der Waals surface area contributed by atoms with Gasteiger partial charge in [-0.25, -0.2) is 8.42 Å². The second-order valence-electron chi connectivity index (χ2n) is 3.51. The summed E-state index contributed by atoms with van der Waals surface area (Å²) in [5.41, 5.74) is 0. The van der Waals surface area contributed by atoms with E-state index in [-0.39, 0.29) is 12.5 Å². The molecule has 0 aromatic rings. The van der Waals surface area contributed by atoms with E-state index in [1.165, 1.54) is 7.05 Å². The van der Waals surface area contributed by atoms with E-state index in [2.05, 4.69) is 0 Å². The van der Waals surface area contributed by atoms with Crippen LogP contribution in [0.15, 0.2) is 0 Å². The lowest BCUT2D eigenvalue weighted by atomic mass is 10.4. The number of carbonyl (C=O) groups is 1. The van der Waals surface area contributed by atoms with E-state index in [0.29, 0.717) is 26.3 Å². The maximum Gasteiger partial charge on any atom is 0.238 e. The largest absolute Gasteiger partial charge is 0.378 e. The summed E-state index contributed by atoms with van der Waals surface area (Å²) >= 11 is 0. The summed E-state index contributed by atoms with van der Waals surface area (Å²) in [6.07, 6.45) is 1.08. The Bertz CT molecular complexity index is 322. The molecule has 0 bridgehead atoms. The second kappa shape index (κ2) is 4.91. The number of ether oxygens (including phenoxy) is 1. The van der Waals surface area contributed by atoms with Crippen LogP contribution in [0.3, 0.4) is 0 Å². The molecule has 0 aliphatic carbocycles. The van der Waals surface area contributed by atoms with Gasteiger partial charge in [0.2, 0.25) is 15.9 Å². The van der Waals surface area contributed by atoms with Gasteiger partial charge in [0.15, 0.2) is 0 Å². The van der Waals surface area contributed by atoms with Crippen molar-refractivity contribution in [1.29, 1.82) is 0 Å². The first-order valence-corrected chi connectivity index (χ1v) is 6.53. The van der Waals surface area contributed by atoms with Crippen LogP contribution in [-0.4, -0.2) is 69.7 Å². The van der Waals surface area contributed by atoms with Gasteiger partial charge in [-0.3, -0.25) is 4.79 Å². The van der Waals surface area contributed by atoms with E-state index in [1.807, 2.05) is 0 Å². The number of carbonyl (C=O) groups excluding carboxylic acids is 1. The maximum absolute atomic E-state index is 11.6. The SMILES string of the molecule is CN(CC(=O)N1CCOCC1)S(C)(=O)=O. The molecule has 88 valence electrons. The predicted octanol–water partition coefficient (Wildman–Crippen LogP) is -1.26. The zero-order valence-corrected chi connectivity index (χ0v) is 9.79. The van der Waals surface area contributed by atoms with E-state index in [9.17, 15) is 13.2 Å². The highest BCUT2D eigenvalue weighted by atomic mass is 32.2. The van der Waals surface area contributed by atoms with Crippen LogP contribution in [0.25, 0.3) is 0 Å². The van der Waals surface area contributed by atoms with Gasteiger partial charge in [0.05, 0.1) is 26.0 Å². The Morgan fingerprint density at radius 1 is 1.40 bits per heavy atom. The van der Waals surface area contributed by atoms with Crippen LogP contribution < -0.4 is 0 Å². The Balaban J connectivity index is 2.47. The van der Waals surface area contributed by atoms with Crippen molar-refractivity contribution < 1.29 is 17.9 Å². The van der Waals surface area contributed by atoms with Crippen molar-refractivity contribution in [3.63, 3.8) is 0 Å². The smallest absolute Gasteiger partial charge is 0.238 e. The van der Waals surface area contributed by atoms with E-state index in [1.54, 1.807) is 4.90 Å². The van der Waals surface area contributed by atoms with Gasteiger partial charge in [-0.05, 0) is 0 Å². The fourth-order valence-electron chi connectivity index (χ4n) is 1.22. The number of morpholine rings is 1. The number of sulfonamides is 1. The molecule has 15 heavy (non-hydrogen) atoms. The molecule has 0 aromatic carbocycles. The van der Waals surface area contributed by atoms with Crippen LogP contribution in [0, 0.1) is 0 Å². The Hall–Kier alpha value is -0.660. The highest BCUT2D eigenvalue weighted by molar-refractivity contribution is 7.88. The van der Waals surface area contributed by atoms with Crippen LogP contribution in [0.4, 0.5) is 0 Å². The summed E-state index contributed by atoms with van der Waals surface area (Å²) in [6.45, 7) is 2.02. The average molecular weight is 236 g/mol. The lowest BCUT2D eigenvalue weighted by Gasteiger charge is -2.28. The molecule has 1 aliphatic heterocycles. The fraction of sp³-hybridized carbons (Fsp3) is 0.875. The molecular formula is C8H16N2O4S. The molecule has 1 fully saturated rings. The Morgan fingerprint density at radius 3 is 2.40 bits per heavy atom. The first-order chi connectivity index (χ1) is 6.91. The zero-order chi connectivity index (χ0) is 11.5. The monoisotopic (exact) mass is 236 g/mol. The molecular weight excluding hydrogens is 220 g/mol. The van der Waals surface area contributed by atoms with Gasteiger partial charge in [-0.15, -0.1) is 0 Å². The van der Waals surface area contributed by atoms with Gasteiger partial charge in [0.1, 0.15) is 0 Å².